The van der Waals surface area contributed by atoms with E-state index in [-0.39, 0.29) is 25.0 Å². The van der Waals surface area contributed by atoms with Gasteiger partial charge < -0.3 is 14.1 Å². The molecule has 1 aromatic rings. The monoisotopic (exact) mass is 376 g/mol. The molecule has 0 radical (unpaired) electrons. The molecule has 2 heterocycles. The van der Waals surface area contributed by atoms with Crippen LogP contribution in [0.3, 0.4) is 0 Å². The molecular weight excluding hydrogens is 353 g/mol. The SMILES string of the molecule is CCOC(=O)C1CCN(CC(=O)N(Cc2ccco2)CC(F)(F)F)CC1. The largest absolute Gasteiger partial charge is 0.467 e. The standard InChI is InChI=1S/C17H23F3N2O4/c1-2-25-16(24)13-5-7-21(8-6-13)11-15(23)22(12-17(18,19)20)10-14-4-3-9-26-14/h3-4,9,13H,2,5-8,10-12H2,1H3. The van der Waals surface area contributed by atoms with Gasteiger partial charge in [0, 0.05) is 0 Å². The van der Waals surface area contributed by atoms with Gasteiger partial charge in [0.05, 0.1) is 31.9 Å². The van der Waals surface area contributed by atoms with Gasteiger partial charge in [0.25, 0.3) is 0 Å². The number of carbonyl (C=O) groups is 2. The average Bonchev–Trinajstić information content (AvgIpc) is 3.07. The van der Waals surface area contributed by atoms with Crippen molar-refractivity contribution in [1.82, 2.24) is 9.80 Å². The number of ether oxygens (including phenoxy) is 1. The van der Waals surface area contributed by atoms with Crippen LogP contribution in [0.15, 0.2) is 22.8 Å². The molecule has 0 saturated carbocycles. The van der Waals surface area contributed by atoms with E-state index in [0.717, 1.165) is 4.90 Å². The predicted octanol–water partition coefficient (Wildman–Crippen LogP) is 2.45. The number of alkyl halides is 3. The fraction of sp³-hybridized carbons (Fsp3) is 0.647. The van der Waals surface area contributed by atoms with Crippen LogP contribution in [0.2, 0.25) is 0 Å². The predicted molar refractivity (Wildman–Crippen MR) is 86.0 cm³/mol. The fourth-order valence-corrected chi connectivity index (χ4v) is 2.92. The summed E-state index contributed by atoms with van der Waals surface area (Å²) in [6.07, 6.45) is -2.07. The summed E-state index contributed by atoms with van der Waals surface area (Å²) in [5, 5.41) is 0. The van der Waals surface area contributed by atoms with Crippen LogP contribution in [0, 0.1) is 5.92 Å². The number of piperidine rings is 1. The molecular formula is C17H23F3N2O4. The minimum absolute atomic E-state index is 0.119. The smallest absolute Gasteiger partial charge is 0.406 e. The Morgan fingerprint density at radius 1 is 1.35 bits per heavy atom. The zero-order valence-corrected chi connectivity index (χ0v) is 14.6. The summed E-state index contributed by atoms with van der Waals surface area (Å²) >= 11 is 0. The molecule has 0 N–H and O–H groups in total. The van der Waals surface area contributed by atoms with E-state index in [1.54, 1.807) is 17.9 Å². The summed E-state index contributed by atoms with van der Waals surface area (Å²) in [5.41, 5.74) is 0. The Morgan fingerprint density at radius 2 is 2.04 bits per heavy atom. The van der Waals surface area contributed by atoms with Gasteiger partial charge in [-0.25, -0.2) is 0 Å². The van der Waals surface area contributed by atoms with E-state index in [0.29, 0.717) is 38.3 Å². The van der Waals surface area contributed by atoms with E-state index in [1.807, 2.05) is 0 Å². The highest BCUT2D eigenvalue weighted by Crippen LogP contribution is 2.21. The van der Waals surface area contributed by atoms with Gasteiger partial charge in [-0.1, -0.05) is 0 Å². The summed E-state index contributed by atoms with van der Waals surface area (Å²) < 4.78 is 48.4. The van der Waals surface area contributed by atoms with Gasteiger partial charge in [-0.15, -0.1) is 0 Å². The quantitative estimate of drug-likeness (QED) is 0.684. The lowest BCUT2D eigenvalue weighted by atomic mass is 9.97. The van der Waals surface area contributed by atoms with Crippen LogP contribution < -0.4 is 0 Å². The van der Waals surface area contributed by atoms with Crippen molar-refractivity contribution >= 4 is 11.9 Å². The van der Waals surface area contributed by atoms with E-state index in [9.17, 15) is 22.8 Å². The van der Waals surface area contributed by atoms with E-state index in [2.05, 4.69) is 0 Å². The third-order valence-electron chi connectivity index (χ3n) is 4.22. The Bertz CT molecular complexity index is 581. The lowest BCUT2D eigenvalue weighted by Crippen LogP contribution is -2.46. The Balaban J connectivity index is 1.89. The van der Waals surface area contributed by atoms with Crippen LogP contribution in [0.25, 0.3) is 0 Å². The van der Waals surface area contributed by atoms with Crippen molar-refractivity contribution in [1.29, 1.82) is 0 Å². The van der Waals surface area contributed by atoms with Gasteiger partial charge in [0.1, 0.15) is 12.3 Å². The maximum Gasteiger partial charge on any atom is 0.406 e. The van der Waals surface area contributed by atoms with Crippen molar-refractivity contribution in [3.05, 3.63) is 24.2 Å². The molecule has 1 fully saturated rings. The summed E-state index contributed by atoms with van der Waals surface area (Å²) in [7, 11) is 0. The molecule has 1 saturated heterocycles. The van der Waals surface area contributed by atoms with Crippen LogP contribution in [0.5, 0.6) is 0 Å². The second-order valence-electron chi connectivity index (χ2n) is 6.25. The van der Waals surface area contributed by atoms with Crippen LogP contribution in [0.4, 0.5) is 13.2 Å². The number of carbonyl (C=O) groups excluding carboxylic acids is 2. The van der Waals surface area contributed by atoms with Gasteiger partial charge in [-0.3, -0.25) is 14.5 Å². The first-order chi connectivity index (χ1) is 12.3. The number of amides is 1. The van der Waals surface area contributed by atoms with E-state index >= 15 is 0 Å². The molecule has 1 amide bonds. The van der Waals surface area contributed by atoms with Gasteiger partial charge in [0.15, 0.2) is 0 Å². The highest BCUT2D eigenvalue weighted by Gasteiger charge is 2.34. The number of halogens is 3. The first kappa shape index (κ1) is 20.3. The Morgan fingerprint density at radius 3 is 2.58 bits per heavy atom. The molecule has 9 heteroatoms. The van der Waals surface area contributed by atoms with Crippen molar-refractivity contribution in [3.8, 4) is 0 Å². The molecule has 0 spiro atoms. The number of esters is 1. The van der Waals surface area contributed by atoms with Crippen molar-refractivity contribution in [2.24, 2.45) is 5.92 Å². The molecule has 146 valence electrons. The van der Waals surface area contributed by atoms with Crippen molar-refractivity contribution in [3.63, 3.8) is 0 Å². The summed E-state index contributed by atoms with van der Waals surface area (Å²) in [6, 6.07) is 3.09. The highest BCUT2D eigenvalue weighted by atomic mass is 19.4. The number of hydrogen-bond donors (Lipinski definition) is 0. The highest BCUT2D eigenvalue weighted by molar-refractivity contribution is 5.78. The van der Waals surface area contributed by atoms with Gasteiger partial charge in [0.2, 0.25) is 5.91 Å². The van der Waals surface area contributed by atoms with Crippen molar-refractivity contribution in [2.75, 3.05) is 32.8 Å². The molecule has 0 atom stereocenters. The number of nitrogens with zero attached hydrogens (tertiary/aromatic N) is 2. The Kier molecular flexibility index (Phi) is 7.07. The average molecular weight is 376 g/mol. The first-order valence-corrected chi connectivity index (χ1v) is 8.54. The van der Waals surface area contributed by atoms with Gasteiger partial charge in [-0.05, 0) is 45.0 Å². The van der Waals surface area contributed by atoms with Crippen LogP contribution in [-0.4, -0.2) is 60.6 Å². The second-order valence-corrected chi connectivity index (χ2v) is 6.25. The van der Waals surface area contributed by atoms with Crippen LogP contribution in [-0.2, 0) is 20.9 Å². The third-order valence-corrected chi connectivity index (χ3v) is 4.22. The zero-order chi connectivity index (χ0) is 19.2. The molecule has 0 aromatic carbocycles. The molecule has 0 aliphatic carbocycles. The molecule has 2 rings (SSSR count). The van der Waals surface area contributed by atoms with Gasteiger partial charge >= 0.3 is 12.1 Å². The lowest BCUT2D eigenvalue weighted by molar-refractivity contribution is -0.163. The summed E-state index contributed by atoms with van der Waals surface area (Å²) in [5.74, 6) is -0.789. The van der Waals surface area contributed by atoms with E-state index < -0.39 is 18.6 Å². The first-order valence-electron chi connectivity index (χ1n) is 8.54. The minimum Gasteiger partial charge on any atom is -0.467 e. The number of likely N-dealkylation sites (tertiary alicyclic amines) is 1. The molecule has 0 unspecified atom stereocenters. The maximum atomic E-state index is 12.8. The zero-order valence-electron chi connectivity index (χ0n) is 14.6. The normalized spacial score (nSPS) is 16.5. The van der Waals surface area contributed by atoms with Crippen LogP contribution in [0.1, 0.15) is 25.5 Å². The van der Waals surface area contributed by atoms with Crippen molar-refractivity contribution in [2.45, 2.75) is 32.5 Å². The topological polar surface area (TPSA) is 63.0 Å². The molecule has 1 aromatic heterocycles. The van der Waals surface area contributed by atoms with E-state index in [1.165, 1.54) is 12.3 Å². The number of rotatable bonds is 7. The third kappa shape index (κ3) is 6.36. The summed E-state index contributed by atoms with van der Waals surface area (Å²) in [6.45, 7) is 1.31. The lowest BCUT2D eigenvalue weighted by Gasteiger charge is -2.32. The van der Waals surface area contributed by atoms with Gasteiger partial charge in [-0.2, -0.15) is 13.2 Å². The molecule has 0 bridgehead atoms. The van der Waals surface area contributed by atoms with Crippen LogP contribution >= 0.6 is 0 Å². The molecule has 1 aliphatic heterocycles. The fourth-order valence-electron chi connectivity index (χ4n) is 2.92. The van der Waals surface area contributed by atoms with Crippen molar-refractivity contribution < 1.29 is 31.9 Å². The number of hydrogen-bond acceptors (Lipinski definition) is 5. The second kappa shape index (κ2) is 9.07. The molecule has 26 heavy (non-hydrogen) atoms. The minimum atomic E-state index is -4.49. The Labute approximate surface area is 149 Å². The van der Waals surface area contributed by atoms with E-state index in [4.69, 9.17) is 9.15 Å². The molecule has 1 aliphatic rings. The number of furan rings is 1. The summed E-state index contributed by atoms with van der Waals surface area (Å²) in [4.78, 5) is 26.6. The molecule has 6 nitrogen and oxygen atoms in total. The Hall–Kier alpha value is -2.03. The maximum absolute atomic E-state index is 12.8.